The summed E-state index contributed by atoms with van der Waals surface area (Å²) in [6, 6.07) is 0.268. The van der Waals surface area contributed by atoms with E-state index in [1.54, 1.807) is 0 Å². The van der Waals surface area contributed by atoms with E-state index in [4.69, 9.17) is 5.73 Å². The first-order valence-electron chi connectivity index (χ1n) is 7.76. The predicted octanol–water partition coefficient (Wildman–Crippen LogP) is 3.27. The summed E-state index contributed by atoms with van der Waals surface area (Å²) in [7, 11) is 0. The molecule has 1 aliphatic rings. The lowest BCUT2D eigenvalue weighted by Crippen LogP contribution is -2.28. The minimum Gasteiger partial charge on any atom is -0.393 e. The molecule has 108 valence electrons. The molecule has 0 bridgehead atoms. The SMILES string of the molecule is CCC(CC)n1c(=O)c(N)c(C2CCCC2)n1CC. The van der Waals surface area contributed by atoms with Gasteiger partial charge in [-0.2, -0.15) is 0 Å². The topological polar surface area (TPSA) is 52.9 Å². The smallest absolute Gasteiger partial charge is 0.290 e. The van der Waals surface area contributed by atoms with E-state index in [0.29, 0.717) is 11.6 Å². The van der Waals surface area contributed by atoms with Crippen LogP contribution in [0.5, 0.6) is 0 Å². The zero-order chi connectivity index (χ0) is 14.0. The van der Waals surface area contributed by atoms with Crippen molar-refractivity contribution < 1.29 is 0 Å². The van der Waals surface area contributed by atoms with Crippen LogP contribution in [0, 0.1) is 0 Å². The van der Waals surface area contributed by atoms with Gasteiger partial charge in [0.2, 0.25) is 0 Å². The van der Waals surface area contributed by atoms with Crippen LogP contribution in [0.15, 0.2) is 4.79 Å². The van der Waals surface area contributed by atoms with Crippen molar-refractivity contribution >= 4 is 5.69 Å². The van der Waals surface area contributed by atoms with Crippen molar-refractivity contribution in [1.82, 2.24) is 9.36 Å². The van der Waals surface area contributed by atoms with Crippen molar-refractivity contribution in [3.63, 3.8) is 0 Å². The quantitative estimate of drug-likeness (QED) is 0.888. The predicted molar refractivity (Wildman–Crippen MR) is 79.6 cm³/mol. The largest absolute Gasteiger partial charge is 0.393 e. The second-order valence-electron chi connectivity index (χ2n) is 5.62. The average molecular weight is 265 g/mol. The van der Waals surface area contributed by atoms with Crippen LogP contribution >= 0.6 is 0 Å². The molecule has 0 radical (unpaired) electrons. The van der Waals surface area contributed by atoms with Crippen molar-refractivity contribution in [3.8, 4) is 0 Å². The first kappa shape index (κ1) is 14.2. The van der Waals surface area contributed by atoms with Crippen LogP contribution in [0.2, 0.25) is 0 Å². The molecular weight excluding hydrogens is 238 g/mol. The molecule has 2 rings (SSSR count). The lowest BCUT2D eigenvalue weighted by molar-refractivity contribution is 0.338. The molecular formula is C15H27N3O. The van der Waals surface area contributed by atoms with Gasteiger partial charge in [-0.3, -0.25) is 9.48 Å². The number of aromatic nitrogens is 2. The fourth-order valence-electron chi connectivity index (χ4n) is 3.55. The molecule has 1 aliphatic carbocycles. The van der Waals surface area contributed by atoms with Gasteiger partial charge in [-0.1, -0.05) is 26.7 Å². The Balaban J connectivity index is 2.55. The zero-order valence-electron chi connectivity index (χ0n) is 12.5. The maximum Gasteiger partial charge on any atom is 0.290 e. The van der Waals surface area contributed by atoms with Gasteiger partial charge in [0.1, 0.15) is 5.69 Å². The Bertz CT molecular complexity index is 476. The van der Waals surface area contributed by atoms with E-state index in [9.17, 15) is 4.79 Å². The second kappa shape index (κ2) is 5.85. The third-order valence-corrected chi connectivity index (χ3v) is 4.58. The Labute approximate surface area is 115 Å². The van der Waals surface area contributed by atoms with Gasteiger partial charge in [-0.15, -0.1) is 0 Å². The van der Waals surface area contributed by atoms with Gasteiger partial charge in [0.25, 0.3) is 5.56 Å². The first-order chi connectivity index (χ1) is 9.15. The van der Waals surface area contributed by atoms with E-state index in [1.165, 1.54) is 25.7 Å². The number of nitrogens with zero attached hydrogens (tertiary/aromatic N) is 2. The standard InChI is InChI=1S/C15H27N3O/c1-4-12(5-2)18-15(19)13(16)14(17(18)6-3)11-9-7-8-10-11/h11-12H,4-10,16H2,1-3H3. The molecule has 4 nitrogen and oxygen atoms in total. The molecule has 0 amide bonds. The van der Waals surface area contributed by atoms with E-state index in [-0.39, 0.29) is 11.6 Å². The second-order valence-corrected chi connectivity index (χ2v) is 5.62. The third kappa shape index (κ3) is 2.33. The molecule has 1 aromatic heterocycles. The van der Waals surface area contributed by atoms with Gasteiger partial charge in [0.05, 0.1) is 11.7 Å². The normalized spacial score (nSPS) is 16.6. The van der Waals surface area contributed by atoms with Gasteiger partial charge in [-0.25, -0.2) is 4.68 Å². The molecule has 0 unspecified atom stereocenters. The van der Waals surface area contributed by atoms with Crippen LogP contribution < -0.4 is 11.3 Å². The van der Waals surface area contributed by atoms with Crippen LogP contribution in [0.3, 0.4) is 0 Å². The number of nitrogens with two attached hydrogens (primary N) is 1. The summed E-state index contributed by atoms with van der Waals surface area (Å²) in [4.78, 5) is 12.5. The minimum atomic E-state index is 0.0254. The van der Waals surface area contributed by atoms with Crippen LogP contribution in [0.1, 0.15) is 76.9 Å². The third-order valence-electron chi connectivity index (χ3n) is 4.58. The molecule has 1 saturated carbocycles. The van der Waals surface area contributed by atoms with Crippen molar-refractivity contribution in [2.45, 2.75) is 77.8 Å². The van der Waals surface area contributed by atoms with E-state index >= 15 is 0 Å². The van der Waals surface area contributed by atoms with E-state index < -0.39 is 0 Å². The highest BCUT2D eigenvalue weighted by molar-refractivity contribution is 5.44. The van der Waals surface area contributed by atoms with Crippen molar-refractivity contribution in [2.24, 2.45) is 0 Å². The summed E-state index contributed by atoms with van der Waals surface area (Å²) in [5, 5.41) is 0. The Morgan fingerprint density at radius 3 is 2.26 bits per heavy atom. The van der Waals surface area contributed by atoms with Crippen LogP contribution in [-0.4, -0.2) is 9.36 Å². The molecule has 2 N–H and O–H groups in total. The monoisotopic (exact) mass is 265 g/mol. The average Bonchev–Trinajstić information content (AvgIpc) is 3.01. The van der Waals surface area contributed by atoms with E-state index in [1.807, 2.05) is 4.68 Å². The Morgan fingerprint density at radius 2 is 1.79 bits per heavy atom. The van der Waals surface area contributed by atoms with Gasteiger partial charge >= 0.3 is 0 Å². The Morgan fingerprint density at radius 1 is 1.21 bits per heavy atom. The summed E-state index contributed by atoms with van der Waals surface area (Å²) < 4.78 is 4.08. The first-order valence-corrected chi connectivity index (χ1v) is 7.76. The maximum atomic E-state index is 12.5. The molecule has 0 aliphatic heterocycles. The molecule has 0 spiro atoms. The maximum absolute atomic E-state index is 12.5. The van der Waals surface area contributed by atoms with Crippen LogP contribution in [0.25, 0.3) is 0 Å². The summed E-state index contributed by atoms with van der Waals surface area (Å²) in [6.45, 7) is 7.21. The highest BCUT2D eigenvalue weighted by atomic mass is 16.1. The molecule has 19 heavy (non-hydrogen) atoms. The van der Waals surface area contributed by atoms with Crippen LogP contribution in [-0.2, 0) is 6.54 Å². The fraction of sp³-hybridized carbons (Fsp3) is 0.800. The molecule has 1 aromatic rings. The summed E-state index contributed by atoms with van der Waals surface area (Å²) >= 11 is 0. The Hall–Kier alpha value is -1.19. The molecule has 0 aromatic carbocycles. The molecule has 0 atom stereocenters. The van der Waals surface area contributed by atoms with Crippen LogP contribution in [0.4, 0.5) is 5.69 Å². The summed E-state index contributed by atoms with van der Waals surface area (Å²) in [5.74, 6) is 0.489. The number of nitrogen functional groups attached to an aromatic ring is 1. The Kier molecular flexibility index (Phi) is 4.38. The highest BCUT2D eigenvalue weighted by Crippen LogP contribution is 2.36. The van der Waals surface area contributed by atoms with Gasteiger partial charge in [0.15, 0.2) is 0 Å². The molecule has 1 fully saturated rings. The summed E-state index contributed by atoms with van der Waals surface area (Å²) in [5.41, 5.74) is 7.79. The summed E-state index contributed by atoms with van der Waals surface area (Å²) in [6.07, 6.45) is 6.83. The van der Waals surface area contributed by atoms with E-state index in [2.05, 4.69) is 25.5 Å². The van der Waals surface area contributed by atoms with E-state index in [0.717, 1.165) is 25.1 Å². The molecule has 1 heterocycles. The molecule has 4 heteroatoms. The lowest BCUT2D eigenvalue weighted by Gasteiger charge is -2.21. The number of rotatable bonds is 5. The number of hydrogen-bond acceptors (Lipinski definition) is 2. The minimum absolute atomic E-state index is 0.0254. The van der Waals surface area contributed by atoms with Crippen molar-refractivity contribution in [1.29, 1.82) is 0 Å². The number of hydrogen-bond donors (Lipinski definition) is 1. The van der Waals surface area contributed by atoms with Gasteiger partial charge in [-0.05, 0) is 32.6 Å². The van der Waals surface area contributed by atoms with Crippen molar-refractivity contribution in [2.75, 3.05) is 5.73 Å². The van der Waals surface area contributed by atoms with Gasteiger partial charge < -0.3 is 5.73 Å². The van der Waals surface area contributed by atoms with Gasteiger partial charge in [0, 0.05) is 12.5 Å². The molecule has 0 saturated heterocycles. The number of anilines is 1. The van der Waals surface area contributed by atoms with Crippen molar-refractivity contribution in [3.05, 3.63) is 16.0 Å². The zero-order valence-corrected chi connectivity index (χ0v) is 12.5. The fourth-order valence-corrected chi connectivity index (χ4v) is 3.55. The lowest BCUT2D eigenvalue weighted by atomic mass is 10.0. The highest BCUT2D eigenvalue weighted by Gasteiger charge is 2.28.